The second-order valence-corrected chi connectivity index (χ2v) is 5.29. The highest BCUT2D eigenvalue weighted by molar-refractivity contribution is 5.84. The molecule has 5 heteroatoms. The predicted octanol–water partition coefficient (Wildman–Crippen LogP) is 1.51. The molecule has 100 valence electrons. The highest BCUT2D eigenvalue weighted by atomic mass is 16.3. The molecule has 0 aromatic carbocycles. The molecule has 1 aliphatic rings. The predicted molar refractivity (Wildman–Crippen MR) is 68.1 cm³/mol. The third-order valence-electron chi connectivity index (χ3n) is 3.90. The first kappa shape index (κ1) is 13.1. The normalized spacial score (nSPS) is 20.8. The molecule has 1 amide bonds. The standard InChI is InChI=1S/C13H21N3O2/c1-5-13(2,3)16-7-6-9-11(18-8-15-9)10(14-4)12(16)17/h8,10,14H,5-7H2,1-4H3. The molecule has 2 heterocycles. The SMILES string of the molecule is CCC(C)(C)N1CCc2ncoc2C(NC)C1=O. The van der Waals surface area contributed by atoms with Crippen molar-refractivity contribution in [1.82, 2.24) is 15.2 Å². The van der Waals surface area contributed by atoms with Crippen LogP contribution in [-0.2, 0) is 11.2 Å². The highest BCUT2D eigenvalue weighted by Gasteiger charge is 2.38. The minimum Gasteiger partial charge on any atom is -0.446 e. The van der Waals surface area contributed by atoms with Crippen LogP contribution in [0.3, 0.4) is 0 Å². The first-order valence-electron chi connectivity index (χ1n) is 6.42. The van der Waals surface area contributed by atoms with E-state index in [1.807, 2.05) is 4.90 Å². The van der Waals surface area contributed by atoms with E-state index in [0.29, 0.717) is 12.3 Å². The monoisotopic (exact) mass is 251 g/mol. The maximum atomic E-state index is 12.6. The molecule has 1 N–H and O–H groups in total. The number of likely N-dealkylation sites (N-methyl/N-ethyl adjacent to an activating group) is 1. The maximum absolute atomic E-state index is 12.6. The molecular formula is C13H21N3O2. The van der Waals surface area contributed by atoms with Gasteiger partial charge in [-0.3, -0.25) is 4.79 Å². The quantitative estimate of drug-likeness (QED) is 0.884. The summed E-state index contributed by atoms with van der Waals surface area (Å²) >= 11 is 0. The summed E-state index contributed by atoms with van der Waals surface area (Å²) in [5, 5.41) is 3.04. The Hall–Kier alpha value is -1.36. The number of hydrogen-bond donors (Lipinski definition) is 1. The number of hydrogen-bond acceptors (Lipinski definition) is 4. The molecule has 2 rings (SSSR count). The van der Waals surface area contributed by atoms with Crippen LogP contribution in [0.2, 0.25) is 0 Å². The fourth-order valence-electron chi connectivity index (χ4n) is 2.34. The van der Waals surface area contributed by atoms with Crippen molar-refractivity contribution in [2.24, 2.45) is 0 Å². The third-order valence-corrected chi connectivity index (χ3v) is 3.90. The summed E-state index contributed by atoms with van der Waals surface area (Å²) in [6, 6.07) is -0.421. The van der Waals surface area contributed by atoms with Gasteiger partial charge in [-0.15, -0.1) is 0 Å². The number of nitrogens with zero attached hydrogens (tertiary/aromatic N) is 2. The smallest absolute Gasteiger partial charge is 0.248 e. The van der Waals surface area contributed by atoms with E-state index < -0.39 is 6.04 Å². The summed E-state index contributed by atoms with van der Waals surface area (Å²) in [5.74, 6) is 0.733. The zero-order chi connectivity index (χ0) is 13.3. The average Bonchev–Trinajstić information content (AvgIpc) is 2.74. The number of fused-ring (bicyclic) bond motifs is 1. The number of rotatable bonds is 3. The van der Waals surface area contributed by atoms with E-state index in [0.717, 1.165) is 18.5 Å². The van der Waals surface area contributed by atoms with Crippen molar-refractivity contribution in [3.8, 4) is 0 Å². The summed E-state index contributed by atoms with van der Waals surface area (Å²) < 4.78 is 5.38. The van der Waals surface area contributed by atoms with E-state index in [2.05, 4.69) is 31.1 Å². The number of amides is 1. The van der Waals surface area contributed by atoms with Crippen LogP contribution in [-0.4, -0.2) is 34.9 Å². The average molecular weight is 251 g/mol. The highest BCUT2D eigenvalue weighted by Crippen LogP contribution is 2.29. The summed E-state index contributed by atoms with van der Waals surface area (Å²) in [5.41, 5.74) is 0.743. The van der Waals surface area contributed by atoms with Crippen molar-refractivity contribution in [2.45, 2.75) is 45.2 Å². The van der Waals surface area contributed by atoms with Crippen molar-refractivity contribution in [2.75, 3.05) is 13.6 Å². The molecule has 0 saturated heterocycles. The van der Waals surface area contributed by atoms with Crippen molar-refractivity contribution in [1.29, 1.82) is 0 Å². The molecule has 0 bridgehead atoms. The fraction of sp³-hybridized carbons (Fsp3) is 0.692. The van der Waals surface area contributed by atoms with Crippen LogP contribution in [0.15, 0.2) is 10.8 Å². The molecule has 0 saturated carbocycles. The summed E-state index contributed by atoms with van der Waals surface area (Å²) in [6.45, 7) is 6.98. The van der Waals surface area contributed by atoms with Crippen molar-refractivity contribution >= 4 is 5.91 Å². The van der Waals surface area contributed by atoms with Gasteiger partial charge in [0, 0.05) is 18.5 Å². The molecule has 18 heavy (non-hydrogen) atoms. The van der Waals surface area contributed by atoms with Crippen LogP contribution in [0.4, 0.5) is 0 Å². The summed E-state index contributed by atoms with van der Waals surface area (Å²) in [7, 11) is 1.78. The van der Waals surface area contributed by atoms with Gasteiger partial charge in [-0.1, -0.05) is 6.92 Å². The van der Waals surface area contributed by atoms with Crippen LogP contribution in [0, 0.1) is 0 Å². The topological polar surface area (TPSA) is 58.4 Å². The molecule has 1 aliphatic heterocycles. The molecular weight excluding hydrogens is 230 g/mol. The molecule has 1 aromatic heterocycles. The van der Waals surface area contributed by atoms with Crippen molar-refractivity contribution in [3.05, 3.63) is 17.8 Å². The van der Waals surface area contributed by atoms with E-state index in [4.69, 9.17) is 4.42 Å². The van der Waals surface area contributed by atoms with Gasteiger partial charge < -0.3 is 14.6 Å². The van der Waals surface area contributed by atoms with Crippen LogP contribution in [0.25, 0.3) is 0 Å². The van der Waals surface area contributed by atoms with Gasteiger partial charge in [0.05, 0.1) is 5.69 Å². The Morgan fingerprint density at radius 3 is 2.94 bits per heavy atom. The minimum atomic E-state index is -0.421. The molecule has 1 aromatic rings. The molecule has 0 spiro atoms. The lowest BCUT2D eigenvalue weighted by Crippen LogP contribution is -2.50. The molecule has 0 fully saturated rings. The van der Waals surface area contributed by atoms with Gasteiger partial charge in [-0.2, -0.15) is 0 Å². The zero-order valence-electron chi connectivity index (χ0n) is 11.5. The fourth-order valence-corrected chi connectivity index (χ4v) is 2.34. The van der Waals surface area contributed by atoms with E-state index >= 15 is 0 Å². The van der Waals surface area contributed by atoms with E-state index in [1.165, 1.54) is 6.39 Å². The number of carbonyl (C=O) groups is 1. The van der Waals surface area contributed by atoms with Gasteiger partial charge >= 0.3 is 0 Å². The summed E-state index contributed by atoms with van der Waals surface area (Å²) in [6.07, 6.45) is 3.09. The molecule has 1 unspecified atom stereocenters. The Labute approximate surface area is 108 Å². The molecule has 0 aliphatic carbocycles. The van der Waals surface area contributed by atoms with Gasteiger partial charge in [0.25, 0.3) is 0 Å². The Bertz CT molecular complexity index is 439. The van der Waals surface area contributed by atoms with E-state index in [9.17, 15) is 4.79 Å². The van der Waals surface area contributed by atoms with E-state index in [1.54, 1.807) is 7.05 Å². The van der Waals surface area contributed by atoms with Gasteiger partial charge in [0.2, 0.25) is 5.91 Å². The van der Waals surface area contributed by atoms with Gasteiger partial charge in [0.1, 0.15) is 6.04 Å². The van der Waals surface area contributed by atoms with Crippen molar-refractivity contribution < 1.29 is 9.21 Å². The number of nitrogens with one attached hydrogen (secondary N) is 1. The molecule has 1 atom stereocenters. The Morgan fingerprint density at radius 2 is 2.33 bits per heavy atom. The maximum Gasteiger partial charge on any atom is 0.248 e. The lowest BCUT2D eigenvalue weighted by Gasteiger charge is -2.38. The summed E-state index contributed by atoms with van der Waals surface area (Å²) in [4.78, 5) is 18.8. The minimum absolute atomic E-state index is 0.0693. The van der Waals surface area contributed by atoms with Crippen LogP contribution in [0.5, 0.6) is 0 Å². The van der Waals surface area contributed by atoms with Gasteiger partial charge in [-0.05, 0) is 27.3 Å². The van der Waals surface area contributed by atoms with Crippen LogP contribution >= 0.6 is 0 Å². The second kappa shape index (κ2) is 4.72. The first-order valence-corrected chi connectivity index (χ1v) is 6.42. The van der Waals surface area contributed by atoms with Gasteiger partial charge in [-0.25, -0.2) is 4.98 Å². The molecule has 0 radical (unpaired) electrons. The Balaban J connectivity index is 2.36. The number of oxazole rings is 1. The van der Waals surface area contributed by atoms with Crippen LogP contribution in [0.1, 0.15) is 44.7 Å². The van der Waals surface area contributed by atoms with E-state index in [-0.39, 0.29) is 11.4 Å². The zero-order valence-corrected chi connectivity index (χ0v) is 11.5. The second-order valence-electron chi connectivity index (χ2n) is 5.29. The lowest BCUT2D eigenvalue weighted by molar-refractivity contribution is -0.139. The third kappa shape index (κ3) is 2.03. The van der Waals surface area contributed by atoms with Crippen LogP contribution < -0.4 is 5.32 Å². The van der Waals surface area contributed by atoms with Crippen molar-refractivity contribution in [3.63, 3.8) is 0 Å². The molecule has 5 nitrogen and oxygen atoms in total. The van der Waals surface area contributed by atoms with Gasteiger partial charge in [0.15, 0.2) is 12.2 Å². The Morgan fingerprint density at radius 1 is 1.61 bits per heavy atom. The first-order chi connectivity index (χ1) is 8.51. The number of aromatic nitrogens is 1. The lowest BCUT2D eigenvalue weighted by atomic mass is 9.98. The number of carbonyl (C=O) groups excluding carboxylic acids is 1. The largest absolute Gasteiger partial charge is 0.446 e. The Kier molecular flexibility index (Phi) is 3.43.